The zero-order valence-corrected chi connectivity index (χ0v) is 11.1. The molecule has 0 heterocycles. The van der Waals surface area contributed by atoms with Crippen LogP contribution in [0.4, 0.5) is 5.69 Å². The van der Waals surface area contributed by atoms with E-state index in [-0.39, 0.29) is 11.4 Å². The number of ether oxygens (including phenoxy) is 1. The van der Waals surface area contributed by atoms with Crippen molar-refractivity contribution in [1.29, 1.82) is 0 Å². The number of methoxy groups -OCH3 is 1. The molecule has 1 amide bonds. The Morgan fingerprint density at radius 1 is 1.39 bits per heavy atom. The van der Waals surface area contributed by atoms with Crippen LogP contribution < -0.4 is 11.1 Å². The summed E-state index contributed by atoms with van der Waals surface area (Å²) in [5, 5.41) is 2.86. The average molecular weight is 248 g/mol. The second-order valence-corrected chi connectivity index (χ2v) is 4.81. The zero-order valence-electron chi connectivity index (χ0n) is 11.1. The van der Waals surface area contributed by atoms with Crippen molar-refractivity contribution in [2.24, 2.45) is 0 Å². The molecule has 1 aromatic carbocycles. The third-order valence-corrected chi connectivity index (χ3v) is 2.33. The summed E-state index contributed by atoms with van der Waals surface area (Å²) >= 11 is 0. The van der Waals surface area contributed by atoms with E-state index in [9.17, 15) is 4.79 Å². The van der Waals surface area contributed by atoms with Crippen molar-refractivity contribution in [3.8, 4) is 0 Å². The predicted octanol–water partition coefficient (Wildman–Crippen LogP) is 1.82. The number of amides is 1. The molecule has 0 bridgehead atoms. The smallest absolute Gasteiger partial charge is 0.244 e. The Bertz CT molecular complexity index is 422. The SMILES string of the molecule is COCC(C)(C)NC(=O)/C=C/c1ccc(N)cc1. The molecule has 0 saturated carbocycles. The normalized spacial score (nSPS) is 11.7. The molecule has 0 aliphatic carbocycles. The van der Waals surface area contributed by atoms with Gasteiger partial charge in [-0.15, -0.1) is 0 Å². The van der Waals surface area contributed by atoms with E-state index in [1.807, 2.05) is 26.0 Å². The number of hydrogen-bond acceptors (Lipinski definition) is 3. The largest absolute Gasteiger partial charge is 0.399 e. The van der Waals surface area contributed by atoms with E-state index >= 15 is 0 Å². The van der Waals surface area contributed by atoms with Gasteiger partial charge in [-0.1, -0.05) is 12.1 Å². The molecule has 3 N–H and O–H groups in total. The first-order valence-electron chi connectivity index (χ1n) is 5.78. The summed E-state index contributed by atoms with van der Waals surface area (Å²) in [4.78, 5) is 11.7. The van der Waals surface area contributed by atoms with Gasteiger partial charge < -0.3 is 15.8 Å². The number of carbonyl (C=O) groups excluding carboxylic acids is 1. The highest BCUT2D eigenvalue weighted by molar-refractivity contribution is 5.92. The summed E-state index contributed by atoms with van der Waals surface area (Å²) in [5.74, 6) is -0.145. The molecule has 0 aliphatic heterocycles. The third kappa shape index (κ3) is 5.01. The molecule has 0 atom stereocenters. The minimum absolute atomic E-state index is 0.145. The maximum absolute atomic E-state index is 11.7. The van der Waals surface area contributed by atoms with Crippen molar-refractivity contribution in [3.63, 3.8) is 0 Å². The summed E-state index contributed by atoms with van der Waals surface area (Å²) < 4.78 is 5.03. The third-order valence-electron chi connectivity index (χ3n) is 2.33. The van der Waals surface area contributed by atoms with Gasteiger partial charge in [-0.05, 0) is 37.6 Å². The highest BCUT2D eigenvalue weighted by Gasteiger charge is 2.18. The van der Waals surface area contributed by atoms with Gasteiger partial charge >= 0.3 is 0 Å². The lowest BCUT2D eigenvalue weighted by Gasteiger charge is -2.24. The molecule has 1 aromatic rings. The quantitative estimate of drug-likeness (QED) is 0.617. The lowest BCUT2D eigenvalue weighted by atomic mass is 10.1. The number of anilines is 1. The molecule has 0 fully saturated rings. The molecule has 4 heteroatoms. The minimum atomic E-state index is -0.378. The predicted molar refractivity (Wildman–Crippen MR) is 74.0 cm³/mol. The van der Waals surface area contributed by atoms with Gasteiger partial charge in [0.15, 0.2) is 0 Å². The molecule has 0 spiro atoms. The number of hydrogen-bond donors (Lipinski definition) is 2. The summed E-state index contributed by atoms with van der Waals surface area (Å²) in [5.41, 5.74) is 6.84. The Labute approximate surface area is 108 Å². The number of rotatable bonds is 5. The maximum Gasteiger partial charge on any atom is 0.244 e. The molecule has 18 heavy (non-hydrogen) atoms. The maximum atomic E-state index is 11.7. The van der Waals surface area contributed by atoms with Crippen molar-refractivity contribution < 1.29 is 9.53 Å². The van der Waals surface area contributed by atoms with Crippen molar-refractivity contribution in [3.05, 3.63) is 35.9 Å². The van der Waals surface area contributed by atoms with Crippen LogP contribution >= 0.6 is 0 Å². The van der Waals surface area contributed by atoms with Crippen LogP contribution in [0, 0.1) is 0 Å². The lowest BCUT2D eigenvalue weighted by molar-refractivity contribution is -0.118. The molecule has 0 aromatic heterocycles. The van der Waals surface area contributed by atoms with E-state index in [1.54, 1.807) is 25.3 Å². The lowest BCUT2D eigenvalue weighted by Crippen LogP contribution is -2.46. The monoisotopic (exact) mass is 248 g/mol. The van der Waals surface area contributed by atoms with Crippen molar-refractivity contribution in [1.82, 2.24) is 5.32 Å². The second kappa shape index (κ2) is 6.21. The van der Waals surface area contributed by atoms with Crippen molar-refractivity contribution >= 4 is 17.7 Å². The summed E-state index contributed by atoms with van der Waals surface area (Å²) in [6.07, 6.45) is 3.25. The van der Waals surface area contributed by atoms with E-state index in [4.69, 9.17) is 10.5 Å². The summed E-state index contributed by atoms with van der Waals surface area (Å²) in [6, 6.07) is 7.32. The van der Waals surface area contributed by atoms with Crippen LogP contribution in [-0.2, 0) is 9.53 Å². The number of nitrogens with one attached hydrogen (secondary N) is 1. The summed E-state index contributed by atoms with van der Waals surface area (Å²) in [6.45, 7) is 4.28. The van der Waals surface area contributed by atoms with Gasteiger partial charge in [-0.3, -0.25) is 4.79 Å². The summed E-state index contributed by atoms with van der Waals surface area (Å²) in [7, 11) is 1.61. The van der Waals surface area contributed by atoms with Crippen molar-refractivity contribution in [2.45, 2.75) is 19.4 Å². The van der Waals surface area contributed by atoms with Gasteiger partial charge in [-0.2, -0.15) is 0 Å². The van der Waals surface area contributed by atoms with Gasteiger partial charge in [0.25, 0.3) is 0 Å². The molecule has 4 nitrogen and oxygen atoms in total. The van der Waals surface area contributed by atoms with E-state index < -0.39 is 0 Å². The van der Waals surface area contributed by atoms with Crippen LogP contribution in [-0.4, -0.2) is 25.2 Å². The topological polar surface area (TPSA) is 64.3 Å². The van der Waals surface area contributed by atoms with E-state index in [2.05, 4.69) is 5.32 Å². The Kier molecular flexibility index (Phi) is 4.92. The molecular weight excluding hydrogens is 228 g/mol. The van der Waals surface area contributed by atoms with Crippen LogP contribution in [0.3, 0.4) is 0 Å². The molecular formula is C14H20N2O2. The van der Waals surface area contributed by atoms with E-state index in [0.717, 1.165) is 5.56 Å². The fourth-order valence-corrected chi connectivity index (χ4v) is 1.55. The molecule has 98 valence electrons. The number of nitrogens with two attached hydrogens (primary N) is 1. The van der Waals surface area contributed by atoms with Gasteiger partial charge in [0.1, 0.15) is 0 Å². The number of carbonyl (C=O) groups is 1. The molecule has 0 unspecified atom stereocenters. The first-order chi connectivity index (χ1) is 8.43. The van der Waals surface area contributed by atoms with Gasteiger partial charge in [0.2, 0.25) is 5.91 Å². The number of nitrogen functional groups attached to an aromatic ring is 1. The van der Waals surface area contributed by atoms with Crippen LogP contribution in [0.5, 0.6) is 0 Å². The van der Waals surface area contributed by atoms with E-state index in [0.29, 0.717) is 12.3 Å². The van der Waals surface area contributed by atoms with Gasteiger partial charge in [0.05, 0.1) is 12.1 Å². The van der Waals surface area contributed by atoms with Gasteiger partial charge in [0, 0.05) is 18.9 Å². The highest BCUT2D eigenvalue weighted by atomic mass is 16.5. The van der Waals surface area contributed by atoms with Crippen LogP contribution in [0.2, 0.25) is 0 Å². The fraction of sp³-hybridized carbons (Fsp3) is 0.357. The molecule has 0 aliphatic rings. The highest BCUT2D eigenvalue weighted by Crippen LogP contribution is 2.07. The fourth-order valence-electron chi connectivity index (χ4n) is 1.55. The number of benzene rings is 1. The Balaban J connectivity index is 2.57. The molecule has 1 rings (SSSR count). The standard InChI is InChI=1S/C14H20N2O2/c1-14(2,10-18-3)16-13(17)9-6-11-4-7-12(15)8-5-11/h4-9H,10,15H2,1-3H3,(H,16,17)/b9-6+. The Morgan fingerprint density at radius 3 is 2.56 bits per heavy atom. The first-order valence-corrected chi connectivity index (χ1v) is 5.78. The van der Waals surface area contributed by atoms with Crippen LogP contribution in [0.1, 0.15) is 19.4 Å². The average Bonchev–Trinajstić information content (AvgIpc) is 2.27. The van der Waals surface area contributed by atoms with Crippen LogP contribution in [0.15, 0.2) is 30.3 Å². The first kappa shape index (κ1) is 14.3. The van der Waals surface area contributed by atoms with Crippen LogP contribution in [0.25, 0.3) is 6.08 Å². The Hall–Kier alpha value is -1.81. The second-order valence-electron chi connectivity index (χ2n) is 4.81. The molecule has 0 radical (unpaired) electrons. The van der Waals surface area contributed by atoms with E-state index in [1.165, 1.54) is 6.08 Å². The van der Waals surface area contributed by atoms with Gasteiger partial charge in [-0.25, -0.2) is 0 Å². The Morgan fingerprint density at radius 2 is 2.00 bits per heavy atom. The molecule has 0 saturated heterocycles. The van der Waals surface area contributed by atoms with Crippen molar-refractivity contribution in [2.75, 3.05) is 19.5 Å². The minimum Gasteiger partial charge on any atom is -0.399 e. The zero-order chi connectivity index (χ0) is 13.6.